The van der Waals surface area contributed by atoms with Crippen LogP contribution in [0.3, 0.4) is 0 Å². The van der Waals surface area contributed by atoms with Crippen molar-refractivity contribution in [1.29, 1.82) is 0 Å². The zero-order chi connectivity index (χ0) is 11.0. The van der Waals surface area contributed by atoms with E-state index in [1.807, 2.05) is 0 Å². The van der Waals surface area contributed by atoms with E-state index in [1.165, 1.54) is 11.1 Å². The standard InChI is InChI=1S/C12H12N4/c13-11-5-14-6-12(15-11)16-7-9-3-1-2-4-10(9)8-16/h1-6H,7-8H2,(H2,13,15). The molecule has 0 aliphatic carbocycles. The van der Waals surface area contributed by atoms with E-state index < -0.39 is 0 Å². The Morgan fingerprint density at radius 3 is 2.38 bits per heavy atom. The summed E-state index contributed by atoms with van der Waals surface area (Å²) >= 11 is 0. The van der Waals surface area contributed by atoms with Gasteiger partial charge < -0.3 is 10.6 Å². The molecule has 2 N–H and O–H groups in total. The van der Waals surface area contributed by atoms with Gasteiger partial charge in [-0.2, -0.15) is 0 Å². The molecule has 4 heteroatoms. The van der Waals surface area contributed by atoms with E-state index in [9.17, 15) is 0 Å². The van der Waals surface area contributed by atoms with Crippen molar-refractivity contribution in [2.45, 2.75) is 13.1 Å². The van der Waals surface area contributed by atoms with Gasteiger partial charge in [-0.1, -0.05) is 24.3 Å². The average molecular weight is 212 g/mol. The summed E-state index contributed by atoms with van der Waals surface area (Å²) in [5.41, 5.74) is 8.34. The summed E-state index contributed by atoms with van der Waals surface area (Å²) < 4.78 is 0. The molecule has 1 aliphatic heterocycles. The van der Waals surface area contributed by atoms with Crippen molar-refractivity contribution >= 4 is 11.6 Å². The highest BCUT2D eigenvalue weighted by Gasteiger charge is 2.19. The molecule has 80 valence electrons. The Labute approximate surface area is 93.8 Å². The SMILES string of the molecule is Nc1cncc(N2Cc3ccccc3C2)n1. The average Bonchev–Trinajstić information content (AvgIpc) is 2.72. The lowest BCUT2D eigenvalue weighted by atomic mass is 10.1. The van der Waals surface area contributed by atoms with E-state index in [1.54, 1.807) is 12.4 Å². The largest absolute Gasteiger partial charge is 0.382 e. The normalized spacial score (nSPS) is 13.9. The Morgan fingerprint density at radius 2 is 1.75 bits per heavy atom. The van der Waals surface area contributed by atoms with Gasteiger partial charge in [0.15, 0.2) is 0 Å². The molecule has 2 aromatic rings. The molecule has 0 fully saturated rings. The van der Waals surface area contributed by atoms with E-state index in [-0.39, 0.29) is 0 Å². The summed E-state index contributed by atoms with van der Waals surface area (Å²) in [6.07, 6.45) is 3.31. The van der Waals surface area contributed by atoms with E-state index in [2.05, 4.69) is 39.1 Å². The number of anilines is 2. The second kappa shape index (κ2) is 3.48. The molecule has 0 radical (unpaired) electrons. The molecule has 0 amide bonds. The van der Waals surface area contributed by atoms with Gasteiger partial charge in [0.1, 0.15) is 11.6 Å². The number of nitrogens with two attached hydrogens (primary N) is 1. The number of hydrogen-bond donors (Lipinski definition) is 1. The number of nitrogen functional groups attached to an aromatic ring is 1. The molecular weight excluding hydrogens is 200 g/mol. The van der Waals surface area contributed by atoms with Crippen LogP contribution >= 0.6 is 0 Å². The molecule has 0 saturated carbocycles. The summed E-state index contributed by atoms with van der Waals surface area (Å²) in [5, 5.41) is 0. The summed E-state index contributed by atoms with van der Waals surface area (Å²) in [6.45, 7) is 1.77. The van der Waals surface area contributed by atoms with Crippen LogP contribution in [0.1, 0.15) is 11.1 Å². The lowest BCUT2D eigenvalue weighted by Crippen LogP contribution is -2.16. The zero-order valence-corrected chi connectivity index (χ0v) is 8.80. The molecule has 3 rings (SSSR count). The minimum atomic E-state index is 0.466. The van der Waals surface area contributed by atoms with Gasteiger partial charge in [-0.25, -0.2) is 4.98 Å². The van der Waals surface area contributed by atoms with E-state index >= 15 is 0 Å². The van der Waals surface area contributed by atoms with E-state index in [4.69, 9.17) is 5.73 Å². The first kappa shape index (κ1) is 9.15. The van der Waals surface area contributed by atoms with Crippen LogP contribution in [0, 0.1) is 0 Å². The monoisotopic (exact) mass is 212 g/mol. The first-order chi connectivity index (χ1) is 7.83. The van der Waals surface area contributed by atoms with Crippen molar-refractivity contribution in [3.63, 3.8) is 0 Å². The van der Waals surface area contributed by atoms with Crippen LogP contribution < -0.4 is 10.6 Å². The third kappa shape index (κ3) is 1.48. The lowest BCUT2D eigenvalue weighted by molar-refractivity contribution is 0.852. The van der Waals surface area contributed by atoms with Crippen LogP contribution in [-0.2, 0) is 13.1 Å². The molecule has 0 spiro atoms. The van der Waals surface area contributed by atoms with Crippen LogP contribution in [0.2, 0.25) is 0 Å². The number of rotatable bonds is 1. The highest BCUT2D eigenvalue weighted by Crippen LogP contribution is 2.26. The minimum Gasteiger partial charge on any atom is -0.382 e. The summed E-state index contributed by atoms with van der Waals surface area (Å²) in [7, 11) is 0. The Bertz CT molecular complexity index is 499. The van der Waals surface area contributed by atoms with Gasteiger partial charge in [0.2, 0.25) is 0 Å². The highest BCUT2D eigenvalue weighted by atomic mass is 15.2. The van der Waals surface area contributed by atoms with Crippen molar-refractivity contribution in [1.82, 2.24) is 9.97 Å². The summed E-state index contributed by atoms with van der Waals surface area (Å²) in [4.78, 5) is 10.5. The fourth-order valence-electron chi connectivity index (χ4n) is 2.02. The molecule has 0 atom stereocenters. The second-order valence-electron chi connectivity index (χ2n) is 3.93. The molecular formula is C12H12N4. The molecule has 1 aromatic heterocycles. The summed E-state index contributed by atoms with van der Waals surface area (Å²) in [5.74, 6) is 1.31. The minimum absolute atomic E-state index is 0.466. The van der Waals surface area contributed by atoms with Gasteiger partial charge in [0.05, 0.1) is 12.4 Å². The first-order valence-electron chi connectivity index (χ1n) is 5.22. The maximum Gasteiger partial charge on any atom is 0.150 e. The van der Waals surface area contributed by atoms with Gasteiger partial charge in [0, 0.05) is 13.1 Å². The van der Waals surface area contributed by atoms with Crippen LogP contribution in [0.25, 0.3) is 0 Å². The topological polar surface area (TPSA) is 55.0 Å². The van der Waals surface area contributed by atoms with E-state index in [0.29, 0.717) is 5.82 Å². The quantitative estimate of drug-likeness (QED) is 0.779. The van der Waals surface area contributed by atoms with Gasteiger partial charge in [-0.05, 0) is 11.1 Å². The van der Waals surface area contributed by atoms with Crippen LogP contribution in [0.15, 0.2) is 36.7 Å². The Kier molecular flexibility index (Phi) is 1.99. The molecule has 2 heterocycles. The van der Waals surface area contributed by atoms with Crippen LogP contribution in [0.5, 0.6) is 0 Å². The summed E-state index contributed by atoms with van der Waals surface area (Å²) in [6, 6.07) is 8.42. The Morgan fingerprint density at radius 1 is 1.06 bits per heavy atom. The van der Waals surface area contributed by atoms with Crippen molar-refractivity contribution in [3.05, 3.63) is 47.8 Å². The van der Waals surface area contributed by atoms with Crippen molar-refractivity contribution in [2.24, 2.45) is 0 Å². The fourth-order valence-corrected chi connectivity index (χ4v) is 2.02. The lowest BCUT2D eigenvalue weighted by Gasteiger charge is -2.15. The Balaban J connectivity index is 1.91. The predicted molar refractivity (Wildman–Crippen MR) is 62.8 cm³/mol. The number of fused-ring (bicyclic) bond motifs is 1. The second-order valence-corrected chi connectivity index (χ2v) is 3.93. The molecule has 0 saturated heterocycles. The Hall–Kier alpha value is -2.10. The van der Waals surface area contributed by atoms with Crippen molar-refractivity contribution < 1.29 is 0 Å². The zero-order valence-electron chi connectivity index (χ0n) is 8.80. The van der Waals surface area contributed by atoms with Crippen molar-refractivity contribution in [3.8, 4) is 0 Å². The fraction of sp³-hybridized carbons (Fsp3) is 0.167. The molecule has 1 aliphatic rings. The number of aromatic nitrogens is 2. The van der Waals surface area contributed by atoms with Gasteiger partial charge >= 0.3 is 0 Å². The van der Waals surface area contributed by atoms with Gasteiger partial charge in [-0.3, -0.25) is 4.98 Å². The third-order valence-corrected chi connectivity index (χ3v) is 2.81. The third-order valence-electron chi connectivity index (χ3n) is 2.81. The molecule has 1 aromatic carbocycles. The molecule has 0 unspecified atom stereocenters. The maximum absolute atomic E-state index is 5.63. The predicted octanol–water partition coefficient (Wildman–Crippen LogP) is 1.58. The molecule has 4 nitrogen and oxygen atoms in total. The number of nitrogens with zero attached hydrogens (tertiary/aromatic N) is 3. The van der Waals surface area contributed by atoms with Crippen LogP contribution in [0.4, 0.5) is 11.6 Å². The van der Waals surface area contributed by atoms with Crippen LogP contribution in [-0.4, -0.2) is 9.97 Å². The van der Waals surface area contributed by atoms with Gasteiger partial charge in [-0.15, -0.1) is 0 Å². The molecule has 16 heavy (non-hydrogen) atoms. The number of hydrogen-bond acceptors (Lipinski definition) is 4. The first-order valence-corrected chi connectivity index (χ1v) is 5.22. The highest BCUT2D eigenvalue weighted by molar-refractivity contribution is 5.48. The van der Waals surface area contributed by atoms with Gasteiger partial charge in [0.25, 0.3) is 0 Å². The smallest absolute Gasteiger partial charge is 0.150 e. The molecule has 0 bridgehead atoms. The number of benzene rings is 1. The maximum atomic E-state index is 5.63. The van der Waals surface area contributed by atoms with Crippen molar-refractivity contribution in [2.75, 3.05) is 10.6 Å². The van der Waals surface area contributed by atoms with E-state index in [0.717, 1.165) is 18.9 Å².